The van der Waals surface area contributed by atoms with Crippen LogP contribution in [0.15, 0.2) is 164 Å². The number of benzene rings is 6. The van der Waals surface area contributed by atoms with Gasteiger partial charge < -0.3 is 0 Å². The number of allylic oxidation sites excluding steroid dienone is 4. The third-order valence-corrected chi connectivity index (χ3v) is 13.0. The van der Waals surface area contributed by atoms with Crippen molar-refractivity contribution in [1.82, 2.24) is 4.98 Å². The minimum atomic E-state index is -2.41. The van der Waals surface area contributed by atoms with E-state index >= 15 is 0 Å². The van der Waals surface area contributed by atoms with Gasteiger partial charge in [0.15, 0.2) is 0 Å². The fraction of sp³-hybridized carbons (Fsp3) is 0. The number of hydrogen-bond donors (Lipinski definition) is 0. The molecule has 1 atom stereocenters. The number of aromatic nitrogens is 1. The lowest BCUT2D eigenvalue weighted by Crippen LogP contribution is -2.17. The topological polar surface area (TPSA) is 12.9 Å². The maximum absolute atomic E-state index is 6.66. The molecule has 1 nitrogen and oxygen atoms in total. The van der Waals surface area contributed by atoms with E-state index in [4.69, 9.17) is 16.8 Å². The van der Waals surface area contributed by atoms with Gasteiger partial charge in [-0.25, -0.2) is 4.98 Å². The number of pyridine rings is 1. The Kier molecular flexibility index (Phi) is 6.67. The van der Waals surface area contributed by atoms with Gasteiger partial charge in [-0.3, -0.25) is 0 Å². The number of rotatable bonds is 6. The van der Waals surface area contributed by atoms with Crippen LogP contribution in [-0.2, 0) is 11.8 Å². The molecule has 0 aliphatic heterocycles. The molecule has 0 bridgehead atoms. The van der Waals surface area contributed by atoms with E-state index in [0.29, 0.717) is 0 Å². The molecule has 0 fully saturated rings. The van der Waals surface area contributed by atoms with E-state index in [1.54, 1.807) is 0 Å². The first-order valence-electron chi connectivity index (χ1n) is 14.0. The van der Waals surface area contributed by atoms with Crippen molar-refractivity contribution < 1.29 is 0 Å². The van der Waals surface area contributed by atoms with E-state index in [0.717, 1.165) is 54.1 Å². The largest absolute Gasteiger partial charge is 0.246 e. The molecule has 200 valence electrons. The summed E-state index contributed by atoms with van der Waals surface area (Å²) >= 11 is 6.66. The Morgan fingerprint density at radius 1 is 0.595 bits per heavy atom. The van der Waals surface area contributed by atoms with Crippen LogP contribution in [0.1, 0.15) is 0 Å². The molecule has 0 spiro atoms. The molecule has 1 heterocycles. The van der Waals surface area contributed by atoms with Crippen molar-refractivity contribution in [2.45, 2.75) is 0 Å². The lowest BCUT2D eigenvalue weighted by Gasteiger charge is -2.25. The van der Waals surface area contributed by atoms with Crippen molar-refractivity contribution in [2.75, 3.05) is 0 Å². The van der Waals surface area contributed by atoms with Crippen LogP contribution in [0.5, 0.6) is 0 Å². The van der Waals surface area contributed by atoms with Gasteiger partial charge in [0.05, 0.1) is 11.0 Å². The van der Waals surface area contributed by atoms with Gasteiger partial charge in [0.25, 0.3) is 0 Å². The van der Waals surface area contributed by atoms with Crippen LogP contribution < -0.4 is 10.6 Å². The zero-order chi connectivity index (χ0) is 28.7. The molecule has 0 aliphatic carbocycles. The first kappa shape index (κ1) is 26.3. The average molecular weight is 574 g/mol. The lowest BCUT2D eigenvalue weighted by atomic mass is 9.92. The Balaban J connectivity index is 1.60. The summed E-state index contributed by atoms with van der Waals surface area (Å²) in [5.41, 5.74) is 4.33. The third-order valence-electron chi connectivity index (χ3n) is 8.04. The Labute approximate surface area is 251 Å². The molecule has 3 heteroatoms. The summed E-state index contributed by atoms with van der Waals surface area (Å²) in [4.78, 5) is 5.36. The summed E-state index contributed by atoms with van der Waals surface area (Å²) in [5, 5.41) is 10.2. The fourth-order valence-electron chi connectivity index (χ4n) is 6.09. The molecule has 0 N–H and O–H groups in total. The highest BCUT2D eigenvalue weighted by atomic mass is 32.4. The Morgan fingerprint density at radius 3 is 1.76 bits per heavy atom. The molecular weight excluding hydrogens is 545 g/mol. The van der Waals surface area contributed by atoms with Crippen LogP contribution >= 0.6 is 6.04 Å². The van der Waals surface area contributed by atoms with Crippen molar-refractivity contribution in [2.24, 2.45) is 0 Å². The second-order valence-electron chi connectivity index (χ2n) is 10.4. The van der Waals surface area contributed by atoms with Crippen LogP contribution in [0.4, 0.5) is 0 Å². The number of fused-ring (bicyclic) bond motifs is 6. The van der Waals surface area contributed by atoms with E-state index in [2.05, 4.69) is 134 Å². The average Bonchev–Trinajstić information content (AvgIpc) is 3.06. The van der Waals surface area contributed by atoms with E-state index < -0.39 is 6.04 Å². The lowest BCUT2D eigenvalue weighted by molar-refractivity contribution is 1.53. The third kappa shape index (κ3) is 4.15. The summed E-state index contributed by atoms with van der Waals surface area (Å²) in [5.74, 6) is 0. The van der Waals surface area contributed by atoms with E-state index in [1.165, 1.54) is 16.3 Å². The standard InChI is InChI=1S/C39H28NPS/c1-3-13-30(4-2)41(42,31-17-6-5-7-18-31)32-19-12-16-29(26-32)37-35-24-22-27-14-8-10-20-33(27)38(35)40-39-34-21-11-9-15-28(34)23-25-36(37)39/h3-26H,1-2H2/b30-13+. The highest BCUT2D eigenvalue weighted by Gasteiger charge is 2.26. The zero-order valence-corrected chi connectivity index (χ0v) is 24.8. The Hall–Kier alpha value is -4.62. The van der Waals surface area contributed by atoms with Crippen molar-refractivity contribution in [1.29, 1.82) is 0 Å². The number of nitrogens with zero attached hydrogens (tertiary/aromatic N) is 1. The highest BCUT2D eigenvalue weighted by Crippen LogP contribution is 2.53. The molecule has 0 saturated heterocycles. The van der Waals surface area contributed by atoms with Gasteiger partial charge in [-0.05, 0) is 38.3 Å². The first-order valence-corrected chi connectivity index (χ1v) is 16.8. The predicted octanol–water partition coefficient (Wildman–Crippen LogP) is 10.0. The maximum Gasteiger partial charge on any atom is 0.0794 e. The molecule has 7 rings (SSSR count). The molecule has 1 unspecified atom stereocenters. The monoisotopic (exact) mass is 573 g/mol. The van der Waals surface area contributed by atoms with E-state index in [-0.39, 0.29) is 0 Å². The molecule has 0 radical (unpaired) electrons. The summed E-state index contributed by atoms with van der Waals surface area (Å²) in [6, 6.07) is 42.7. The molecule has 7 aromatic rings. The van der Waals surface area contributed by atoms with Crippen LogP contribution in [-0.4, -0.2) is 4.98 Å². The predicted molar refractivity (Wildman–Crippen MR) is 188 cm³/mol. The summed E-state index contributed by atoms with van der Waals surface area (Å²) in [6.45, 7) is 8.13. The highest BCUT2D eigenvalue weighted by molar-refractivity contribution is 8.24. The van der Waals surface area contributed by atoms with Crippen molar-refractivity contribution >= 4 is 71.8 Å². The second kappa shape index (κ2) is 10.7. The van der Waals surface area contributed by atoms with Crippen LogP contribution in [0.3, 0.4) is 0 Å². The summed E-state index contributed by atoms with van der Waals surface area (Å²) in [7, 11) is 0. The van der Waals surface area contributed by atoms with E-state index in [9.17, 15) is 0 Å². The van der Waals surface area contributed by atoms with Gasteiger partial charge in [-0.2, -0.15) is 0 Å². The molecule has 0 saturated carbocycles. The van der Waals surface area contributed by atoms with Gasteiger partial charge in [0.1, 0.15) is 0 Å². The maximum atomic E-state index is 6.66. The zero-order valence-electron chi connectivity index (χ0n) is 23.1. The van der Waals surface area contributed by atoms with Crippen LogP contribution in [0.25, 0.3) is 54.5 Å². The first-order chi connectivity index (χ1) is 20.6. The quantitative estimate of drug-likeness (QED) is 0.0850. The Bertz CT molecular complexity index is 2170. The van der Waals surface area contributed by atoms with Crippen molar-refractivity contribution in [3.63, 3.8) is 0 Å². The van der Waals surface area contributed by atoms with Gasteiger partial charge in [0, 0.05) is 33.1 Å². The van der Waals surface area contributed by atoms with Gasteiger partial charge >= 0.3 is 0 Å². The van der Waals surface area contributed by atoms with Crippen LogP contribution in [0, 0.1) is 0 Å². The number of hydrogen-bond acceptors (Lipinski definition) is 2. The normalized spacial score (nSPS) is 13.4. The van der Waals surface area contributed by atoms with E-state index in [1.807, 2.05) is 24.3 Å². The van der Waals surface area contributed by atoms with Gasteiger partial charge in [0.2, 0.25) is 0 Å². The SMILES string of the molecule is C=C/C=C(\C=C)P(=S)(c1ccccc1)c1cccc(-c2c3ccc4ccccc4c3nc3c2ccc2ccccc23)c1. The van der Waals surface area contributed by atoms with Crippen LogP contribution in [0.2, 0.25) is 0 Å². The minimum Gasteiger partial charge on any atom is -0.246 e. The van der Waals surface area contributed by atoms with Gasteiger partial charge in [-0.1, -0.05) is 165 Å². The Morgan fingerprint density at radius 2 is 1.17 bits per heavy atom. The molecule has 0 aliphatic rings. The fourth-order valence-corrected chi connectivity index (χ4v) is 9.88. The second-order valence-corrected chi connectivity index (χ2v) is 14.8. The summed E-state index contributed by atoms with van der Waals surface area (Å²) in [6.07, 6.45) is 5.73. The molecular formula is C39H28NPS. The minimum absolute atomic E-state index is 1.01. The summed E-state index contributed by atoms with van der Waals surface area (Å²) < 4.78 is 0. The molecule has 0 amide bonds. The van der Waals surface area contributed by atoms with Crippen molar-refractivity contribution in [3.05, 3.63) is 164 Å². The smallest absolute Gasteiger partial charge is 0.0794 e. The molecule has 1 aromatic heterocycles. The van der Waals surface area contributed by atoms with Crippen molar-refractivity contribution in [3.8, 4) is 11.1 Å². The molecule has 6 aromatic carbocycles. The van der Waals surface area contributed by atoms with Gasteiger partial charge in [-0.15, -0.1) is 0 Å². The molecule has 42 heavy (non-hydrogen) atoms.